The highest BCUT2D eigenvalue weighted by atomic mass is 35.5. The fourth-order valence-corrected chi connectivity index (χ4v) is 6.50. The van der Waals surface area contributed by atoms with E-state index in [-0.39, 0.29) is 18.1 Å². The summed E-state index contributed by atoms with van der Waals surface area (Å²) in [6.45, 7) is 3.83. The van der Waals surface area contributed by atoms with Gasteiger partial charge in [-0.1, -0.05) is 59.6 Å². The number of hydrogen-bond acceptors (Lipinski definition) is 6. The standard InChI is InChI=1S/C33H38Cl2N2O5/c1-39-29-20-25(21-30(40-2)32(29)41-3)33(38)37-17-18-42-28(31(37)24-9-10-26(34)27(35)19-24)13-16-36-14-11-23(12-15-36)22-7-5-4-6-8-22/h4-10,19-21,23,28,31H,11-18H2,1-3H3/t28-,31?/m1/s1. The number of piperidine rings is 1. The fraction of sp³-hybridized carbons (Fsp3) is 0.424. The number of nitrogens with zero attached hydrogens (tertiary/aromatic N) is 2. The summed E-state index contributed by atoms with van der Waals surface area (Å²) >= 11 is 12.7. The molecule has 2 heterocycles. The first-order valence-corrected chi connectivity index (χ1v) is 15.1. The van der Waals surface area contributed by atoms with Gasteiger partial charge in [0.05, 0.1) is 50.1 Å². The van der Waals surface area contributed by atoms with Gasteiger partial charge in [-0.15, -0.1) is 0 Å². The molecule has 0 N–H and O–H groups in total. The van der Waals surface area contributed by atoms with Gasteiger partial charge in [0.1, 0.15) is 0 Å². The van der Waals surface area contributed by atoms with Gasteiger partial charge in [0.15, 0.2) is 11.5 Å². The van der Waals surface area contributed by atoms with Crippen molar-refractivity contribution in [3.8, 4) is 17.2 Å². The van der Waals surface area contributed by atoms with E-state index in [4.69, 9.17) is 42.1 Å². The molecule has 42 heavy (non-hydrogen) atoms. The Morgan fingerprint density at radius 2 is 1.55 bits per heavy atom. The lowest BCUT2D eigenvalue weighted by atomic mass is 9.89. The quantitative estimate of drug-likeness (QED) is 0.263. The lowest BCUT2D eigenvalue weighted by Gasteiger charge is -2.43. The molecule has 7 nitrogen and oxygen atoms in total. The van der Waals surface area contributed by atoms with Crippen molar-refractivity contribution in [2.24, 2.45) is 0 Å². The van der Waals surface area contributed by atoms with Crippen LogP contribution < -0.4 is 14.2 Å². The van der Waals surface area contributed by atoms with Crippen molar-refractivity contribution in [2.45, 2.75) is 37.3 Å². The second kappa shape index (κ2) is 14.0. The molecular formula is C33H38Cl2N2O5. The van der Waals surface area contributed by atoms with Crippen LogP contribution in [0.3, 0.4) is 0 Å². The molecule has 2 fully saturated rings. The number of rotatable bonds is 9. The average Bonchev–Trinajstić information content (AvgIpc) is 3.04. The smallest absolute Gasteiger partial charge is 0.254 e. The fourth-order valence-electron chi connectivity index (χ4n) is 6.19. The summed E-state index contributed by atoms with van der Waals surface area (Å²) in [7, 11) is 4.62. The van der Waals surface area contributed by atoms with Gasteiger partial charge < -0.3 is 28.7 Å². The van der Waals surface area contributed by atoms with Crippen molar-refractivity contribution in [1.82, 2.24) is 9.80 Å². The maximum atomic E-state index is 14.1. The first-order chi connectivity index (χ1) is 20.4. The summed E-state index contributed by atoms with van der Waals surface area (Å²) in [5, 5.41) is 0.916. The maximum Gasteiger partial charge on any atom is 0.254 e. The largest absolute Gasteiger partial charge is 0.493 e. The highest BCUT2D eigenvalue weighted by Gasteiger charge is 2.38. The Morgan fingerprint density at radius 3 is 2.17 bits per heavy atom. The molecule has 5 rings (SSSR count). The monoisotopic (exact) mass is 612 g/mol. The molecule has 3 aromatic carbocycles. The normalized spacial score (nSPS) is 19.9. The summed E-state index contributed by atoms with van der Waals surface area (Å²) < 4.78 is 22.9. The van der Waals surface area contributed by atoms with E-state index < -0.39 is 0 Å². The maximum absolute atomic E-state index is 14.1. The van der Waals surface area contributed by atoms with Gasteiger partial charge in [-0.25, -0.2) is 0 Å². The molecule has 224 valence electrons. The summed E-state index contributed by atoms with van der Waals surface area (Å²) in [4.78, 5) is 18.5. The molecule has 2 atom stereocenters. The number of carbonyl (C=O) groups is 1. The van der Waals surface area contributed by atoms with Crippen LogP contribution in [0.25, 0.3) is 0 Å². The van der Waals surface area contributed by atoms with E-state index >= 15 is 0 Å². The van der Waals surface area contributed by atoms with Crippen LogP contribution in [0.4, 0.5) is 0 Å². The van der Waals surface area contributed by atoms with Crippen LogP contribution >= 0.6 is 23.2 Å². The molecule has 1 amide bonds. The third-order valence-corrected chi connectivity index (χ3v) is 9.14. The van der Waals surface area contributed by atoms with Gasteiger partial charge >= 0.3 is 0 Å². The minimum Gasteiger partial charge on any atom is -0.493 e. The third kappa shape index (κ3) is 6.65. The minimum absolute atomic E-state index is 0.151. The number of benzene rings is 3. The van der Waals surface area contributed by atoms with Crippen LogP contribution in [0.1, 0.15) is 52.7 Å². The van der Waals surface area contributed by atoms with E-state index in [1.807, 2.05) is 17.0 Å². The number of ether oxygens (including phenoxy) is 4. The van der Waals surface area contributed by atoms with Crippen LogP contribution in [0, 0.1) is 0 Å². The van der Waals surface area contributed by atoms with E-state index in [2.05, 4.69) is 35.2 Å². The SMILES string of the molecule is COc1cc(C(=O)N2CCO[C@H](CCN3CCC(c4ccccc4)CC3)C2c2ccc(Cl)c(Cl)c2)cc(OC)c1OC. The van der Waals surface area contributed by atoms with Crippen molar-refractivity contribution < 1.29 is 23.7 Å². The number of halogens is 2. The number of carbonyl (C=O) groups excluding carboxylic acids is 1. The Bertz CT molecular complexity index is 1340. The molecule has 0 saturated carbocycles. The molecule has 0 aromatic heterocycles. The van der Waals surface area contributed by atoms with Gasteiger partial charge in [0.2, 0.25) is 5.75 Å². The molecule has 0 bridgehead atoms. The predicted molar refractivity (Wildman–Crippen MR) is 166 cm³/mol. The van der Waals surface area contributed by atoms with Crippen LogP contribution in [0.15, 0.2) is 60.7 Å². The number of morpholine rings is 1. The topological polar surface area (TPSA) is 60.5 Å². The van der Waals surface area contributed by atoms with E-state index in [9.17, 15) is 4.79 Å². The van der Waals surface area contributed by atoms with Crippen molar-refractivity contribution >= 4 is 29.1 Å². The molecule has 2 aliphatic rings. The van der Waals surface area contributed by atoms with E-state index in [1.165, 1.54) is 19.8 Å². The number of methoxy groups -OCH3 is 3. The molecule has 2 saturated heterocycles. The van der Waals surface area contributed by atoms with Crippen molar-refractivity contribution in [2.75, 3.05) is 54.1 Å². The molecule has 1 unspecified atom stereocenters. The molecular weight excluding hydrogens is 575 g/mol. The lowest BCUT2D eigenvalue weighted by molar-refractivity contribution is -0.0669. The average molecular weight is 614 g/mol. The summed E-state index contributed by atoms with van der Waals surface area (Å²) in [5.74, 6) is 1.74. The highest BCUT2D eigenvalue weighted by molar-refractivity contribution is 6.42. The van der Waals surface area contributed by atoms with Crippen molar-refractivity contribution in [3.05, 3.63) is 87.4 Å². The molecule has 0 radical (unpaired) electrons. The summed E-state index contributed by atoms with van der Waals surface area (Å²) in [6, 6.07) is 19.4. The summed E-state index contributed by atoms with van der Waals surface area (Å²) in [6.07, 6.45) is 2.84. The van der Waals surface area contributed by atoms with Gasteiger partial charge in [-0.05, 0) is 73.7 Å². The zero-order chi connectivity index (χ0) is 29.6. The minimum atomic E-state index is -0.345. The van der Waals surface area contributed by atoms with Gasteiger partial charge in [-0.2, -0.15) is 0 Å². The number of amides is 1. The van der Waals surface area contributed by atoms with Gasteiger partial charge in [0.25, 0.3) is 5.91 Å². The lowest BCUT2D eigenvalue weighted by Crippen LogP contribution is -2.49. The van der Waals surface area contributed by atoms with Crippen molar-refractivity contribution in [3.63, 3.8) is 0 Å². The van der Waals surface area contributed by atoms with E-state index in [0.29, 0.717) is 51.9 Å². The summed E-state index contributed by atoms with van der Waals surface area (Å²) in [5.41, 5.74) is 2.75. The second-order valence-corrected chi connectivity index (χ2v) is 11.6. The number of likely N-dealkylation sites (tertiary alicyclic amines) is 1. The Hall–Kier alpha value is -2.97. The molecule has 0 aliphatic carbocycles. The molecule has 3 aromatic rings. The predicted octanol–water partition coefficient (Wildman–Crippen LogP) is 6.87. The Kier molecular flexibility index (Phi) is 10.2. The van der Waals surface area contributed by atoms with E-state index in [1.54, 1.807) is 25.3 Å². The third-order valence-electron chi connectivity index (χ3n) is 8.40. The molecule has 2 aliphatic heterocycles. The van der Waals surface area contributed by atoms with Gasteiger partial charge in [0, 0.05) is 18.7 Å². The van der Waals surface area contributed by atoms with E-state index in [0.717, 1.165) is 44.5 Å². The van der Waals surface area contributed by atoms with Gasteiger partial charge in [-0.3, -0.25) is 4.79 Å². The van der Waals surface area contributed by atoms with Crippen molar-refractivity contribution in [1.29, 1.82) is 0 Å². The Morgan fingerprint density at radius 1 is 0.857 bits per heavy atom. The van der Waals surface area contributed by atoms with Crippen LogP contribution in [0.2, 0.25) is 10.0 Å². The zero-order valence-electron chi connectivity index (χ0n) is 24.4. The first-order valence-electron chi connectivity index (χ1n) is 14.4. The Labute approximate surface area is 258 Å². The number of hydrogen-bond donors (Lipinski definition) is 0. The Balaban J connectivity index is 1.37. The van der Waals surface area contributed by atoms with Crippen LogP contribution in [-0.2, 0) is 4.74 Å². The first kappa shape index (κ1) is 30.5. The molecule has 0 spiro atoms. The van der Waals surface area contributed by atoms with Crippen LogP contribution in [-0.4, -0.2) is 75.9 Å². The highest BCUT2D eigenvalue weighted by Crippen LogP contribution is 2.41. The second-order valence-electron chi connectivity index (χ2n) is 10.8. The molecule has 9 heteroatoms. The zero-order valence-corrected chi connectivity index (χ0v) is 25.9. The van der Waals surface area contributed by atoms with Crippen LogP contribution in [0.5, 0.6) is 17.2 Å².